The fourth-order valence-corrected chi connectivity index (χ4v) is 4.72. The van der Waals surface area contributed by atoms with Crippen molar-refractivity contribution in [1.82, 2.24) is 10.3 Å². The lowest BCUT2D eigenvalue weighted by molar-refractivity contribution is -0.115. The summed E-state index contributed by atoms with van der Waals surface area (Å²) >= 11 is 13.7. The molecule has 1 aromatic rings. The maximum Gasteiger partial charge on any atom is 0.347 e. The first-order valence-corrected chi connectivity index (χ1v) is 10.3. The van der Waals surface area contributed by atoms with Gasteiger partial charge >= 0.3 is 5.97 Å². The molecule has 2 aliphatic rings. The van der Waals surface area contributed by atoms with Gasteiger partial charge in [-0.1, -0.05) is 29.9 Å². The van der Waals surface area contributed by atoms with Crippen LogP contribution in [-0.2, 0) is 4.79 Å². The largest absolute Gasteiger partial charge is 0.477 e. The Kier molecular flexibility index (Phi) is 6.08. The number of hydrogen-bond donors (Lipinski definition) is 2. The Morgan fingerprint density at radius 2 is 2.19 bits per heavy atom. The van der Waals surface area contributed by atoms with Crippen LogP contribution in [-0.4, -0.2) is 52.2 Å². The highest BCUT2D eigenvalue weighted by atomic mass is 35.5. The van der Waals surface area contributed by atoms with Gasteiger partial charge in [0, 0.05) is 25.6 Å². The summed E-state index contributed by atoms with van der Waals surface area (Å²) in [4.78, 5) is 34.4. The van der Waals surface area contributed by atoms with Crippen molar-refractivity contribution in [3.05, 3.63) is 21.3 Å². The Hall–Kier alpha value is -1.64. The molecular formula is C17H20Cl2N4O3S. The van der Waals surface area contributed by atoms with E-state index in [-0.39, 0.29) is 22.2 Å². The second kappa shape index (κ2) is 8.16. The maximum atomic E-state index is 12.5. The van der Waals surface area contributed by atoms with Gasteiger partial charge < -0.3 is 15.3 Å². The number of aliphatic imine (C=N–C) groups is 1. The minimum atomic E-state index is -0.975. The van der Waals surface area contributed by atoms with E-state index in [1.807, 2.05) is 11.8 Å². The molecule has 27 heavy (non-hydrogen) atoms. The number of allylic oxidation sites excluding steroid dienone is 1. The predicted molar refractivity (Wildman–Crippen MR) is 107 cm³/mol. The lowest BCUT2D eigenvalue weighted by Crippen LogP contribution is -2.53. The molecule has 2 N–H and O–H groups in total. The van der Waals surface area contributed by atoms with Crippen LogP contribution in [0.2, 0.25) is 0 Å². The van der Waals surface area contributed by atoms with Gasteiger partial charge in [-0.15, -0.1) is 11.6 Å². The van der Waals surface area contributed by atoms with Crippen LogP contribution < -0.4 is 10.2 Å². The number of hydrogen-bond acceptors (Lipinski definition) is 6. The van der Waals surface area contributed by atoms with Crippen molar-refractivity contribution in [2.24, 2.45) is 4.99 Å². The first kappa shape index (κ1) is 20.1. The highest BCUT2D eigenvalue weighted by molar-refractivity contribution is 7.17. The van der Waals surface area contributed by atoms with Crippen molar-refractivity contribution >= 4 is 57.3 Å². The number of aryl methyl sites for hydroxylation is 1. The predicted octanol–water partition coefficient (Wildman–Crippen LogP) is 3.16. The number of carbonyl (C=O) groups excluding carboxylic acids is 1. The Labute approximate surface area is 171 Å². The highest BCUT2D eigenvalue weighted by Gasteiger charge is 2.32. The standard InChI is InChI=1S/C17H20Cl2N4O3S/c1-3-9-6-12(21-14(9)19)15(24)22-11-4-5-23(7-10(11)18)17-20-8(2)13(27-17)16(25)26/h10-11H,3-7H2,1-2H3,(H,22,24)(H,25,26)/t10-,11+/m0/s1. The van der Waals surface area contributed by atoms with E-state index in [4.69, 9.17) is 23.2 Å². The third-order valence-corrected chi connectivity index (χ3v) is 6.70. The number of piperidine rings is 1. The summed E-state index contributed by atoms with van der Waals surface area (Å²) in [5.74, 6) is -1.21. The van der Waals surface area contributed by atoms with E-state index in [1.54, 1.807) is 6.92 Å². The van der Waals surface area contributed by atoms with Gasteiger partial charge in [0.05, 0.1) is 11.1 Å². The van der Waals surface area contributed by atoms with Gasteiger partial charge in [0.15, 0.2) is 5.13 Å². The molecule has 0 spiro atoms. The molecule has 1 aromatic heterocycles. The number of rotatable bonds is 5. The summed E-state index contributed by atoms with van der Waals surface area (Å²) in [5, 5.41) is 12.9. The topological polar surface area (TPSA) is 94.9 Å². The lowest BCUT2D eigenvalue weighted by Gasteiger charge is -2.35. The van der Waals surface area contributed by atoms with Crippen LogP contribution >= 0.6 is 34.5 Å². The number of thiazole rings is 1. The summed E-state index contributed by atoms with van der Waals surface area (Å²) < 4.78 is 0. The smallest absolute Gasteiger partial charge is 0.347 e. The Balaban J connectivity index is 1.59. The van der Waals surface area contributed by atoms with Crippen molar-refractivity contribution in [1.29, 1.82) is 0 Å². The number of nitrogens with zero attached hydrogens (tertiary/aromatic N) is 3. The van der Waals surface area contributed by atoms with Crippen LogP contribution in [0.25, 0.3) is 0 Å². The molecule has 0 unspecified atom stereocenters. The minimum Gasteiger partial charge on any atom is -0.477 e. The number of anilines is 1. The van der Waals surface area contributed by atoms with Crippen molar-refractivity contribution < 1.29 is 14.7 Å². The quantitative estimate of drug-likeness (QED) is 0.552. The zero-order valence-corrected chi connectivity index (χ0v) is 17.3. The van der Waals surface area contributed by atoms with Crippen LogP contribution in [0, 0.1) is 6.92 Å². The van der Waals surface area contributed by atoms with Gasteiger partial charge in [0.2, 0.25) is 0 Å². The van der Waals surface area contributed by atoms with Crippen LogP contribution in [0.1, 0.15) is 41.6 Å². The van der Waals surface area contributed by atoms with E-state index in [2.05, 4.69) is 15.3 Å². The van der Waals surface area contributed by atoms with E-state index >= 15 is 0 Å². The number of halogens is 2. The van der Waals surface area contributed by atoms with Gasteiger partial charge in [0.1, 0.15) is 15.7 Å². The summed E-state index contributed by atoms with van der Waals surface area (Å²) in [6.07, 6.45) is 1.88. The van der Waals surface area contributed by atoms with Crippen LogP contribution in [0.15, 0.2) is 15.7 Å². The maximum absolute atomic E-state index is 12.5. The first-order chi connectivity index (χ1) is 12.8. The van der Waals surface area contributed by atoms with E-state index in [0.29, 0.717) is 47.6 Å². The van der Waals surface area contributed by atoms with Crippen molar-refractivity contribution in [2.75, 3.05) is 18.0 Å². The number of carbonyl (C=O) groups is 2. The van der Waals surface area contributed by atoms with E-state index in [0.717, 1.165) is 23.3 Å². The lowest BCUT2D eigenvalue weighted by atomic mass is 10.0. The zero-order chi connectivity index (χ0) is 19.7. The molecule has 3 heterocycles. The average molecular weight is 431 g/mol. The van der Waals surface area contributed by atoms with Gasteiger partial charge in [-0.25, -0.2) is 14.8 Å². The van der Waals surface area contributed by atoms with Gasteiger partial charge in [-0.3, -0.25) is 4.79 Å². The van der Waals surface area contributed by atoms with E-state index in [1.165, 1.54) is 0 Å². The minimum absolute atomic E-state index is 0.192. The number of carboxylic acids is 1. The third-order valence-electron chi connectivity index (χ3n) is 4.70. The molecule has 146 valence electrons. The number of alkyl halides is 1. The highest BCUT2D eigenvalue weighted by Crippen LogP contribution is 2.30. The Bertz CT molecular complexity index is 836. The second-order valence-electron chi connectivity index (χ2n) is 6.53. The molecule has 0 bridgehead atoms. The van der Waals surface area contributed by atoms with Crippen molar-refractivity contribution in [3.8, 4) is 0 Å². The first-order valence-electron chi connectivity index (χ1n) is 8.65. The molecule has 0 aromatic carbocycles. The number of carboxylic acid groups (broad SMARTS) is 1. The molecule has 2 atom stereocenters. The normalized spacial score (nSPS) is 22.8. The van der Waals surface area contributed by atoms with Crippen LogP contribution in [0.4, 0.5) is 5.13 Å². The van der Waals surface area contributed by atoms with Crippen LogP contribution in [0.3, 0.4) is 0 Å². The third kappa shape index (κ3) is 4.28. The summed E-state index contributed by atoms with van der Waals surface area (Å²) in [6.45, 7) is 4.77. The molecular weight excluding hydrogens is 411 g/mol. The Morgan fingerprint density at radius 1 is 1.44 bits per heavy atom. The molecule has 2 aliphatic heterocycles. The number of amides is 1. The summed E-state index contributed by atoms with van der Waals surface area (Å²) in [6, 6.07) is -0.192. The van der Waals surface area contributed by atoms with Gasteiger partial charge in [0.25, 0.3) is 5.91 Å². The van der Waals surface area contributed by atoms with E-state index in [9.17, 15) is 14.7 Å². The zero-order valence-electron chi connectivity index (χ0n) is 15.0. The molecule has 1 fully saturated rings. The van der Waals surface area contributed by atoms with Gasteiger partial charge in [-0.2, -0.15) is 0 Å². The average Bonchev–Trinajstić information content (AvgIpc) is 3.19. The van der Waals surface area contributed by atoms with Gasteiger partial charge in [-0.05, 0) is 25.3 Å². The number of aromatic nitrogens is 1. The van der Waals surface area contributed by atoms with Crippen LogP contribution in [0.5, 0.6) is 0 Å². The SMILES string of the molecule is CCC1=C(Cl)N=C(C(=O)N[C@@H]2CCN(c3nc(C)c(C(=O)O)s3)C[C@@H]2Cl)C1. The van der Waals surface area contributed by atoms with Crippen molar-refractivity contribution in [2.45, 2.75) is 44.5 Å². The molecule has 1 amide bonds. The monoisotopic (exact) mass is 430 g/mol. The summed E-state index contributed by atoms with van der Waals surface area (Å²) in [7, 11) is 0. The number of aromatic carboxylic acids is 1. The van der Waals surface area contributed by atoms with E-state index < -0.39 is 5.97 Å². The second-order valence-corrected chi connectivity index (χ2v) is 8.43. The van der Waals surface area contributed by atoms with Crippen molar-refractivity contribution in [3.63, 3.8) is 0 Å². The molecule has 0 saturated carbocycles. The Morgan fingerprint density at radius 3 is 2.74 bits per heavy atom. The fraction of sp³-hybridized carbons (Fsp3) is 0.529. The molecule has 3 rings (SSSR count). The molecule has 0 aliphatic carbocycles. The number of nitrogens with one attached hydrogen (secondary N) is 1. The fourth-order valence-electron chi connectivity index (χ4n) is 3.12. The summed E-state index contributed by atoms with van der Waals surface area (Å²) in [5.41, 5.74) is 1.89. The molecule has 0 radical (unpaired) electrons. The molecule has 1 saturated heterocycles. The molecule has 7 nitrogen and oxygen atoms in total. The molecule has 10 heteroatoms.